The maximum absolute atomic E-state index is 13.5. The third kappa shape index (κ3) is 4.12. The van der Waals surface area contributed by atoms with E-state index in [9.17, 15) is 21.6 Å². The second-order valence-electron chi connectivity index (χ2n) is 6.98. The molecule has 0 unspecified atom stereocenters. The molecule has 1 aromatic carbocycles. The van der Waals surface area contributed by atoms with E-state index in [1.54, 1.807) is 18.2 Å². The molecule has 0 saturated carbocycles. The molecule has 12 heteroatoms. The maximum Gasteiger partial charge on any atom is 0.333 e. The van der Waals surface area contributed by atoms with Crippen LogP contribution in [0, 0.1) is 12.7 Å². The van der Waals surface area contributed by atoms with Crippen LogP contribution < -0.4 is 4.90 Å². The lowest BCUT2D eigenvalue weighted by Crippen LogP contribution is -2.49. The molecule has 31 heavy (non-hydrogen) atoms. The Bertz CT molecular complexity index is 1190. The molecule has 2 aromatic heterocycles. The van der Waals surface area contributed by atoms with Crippen LogP contribution >= 0.6 is 0 Å². The van der Waals surface area contributed by atoms with Gasteiger partial charge in [0.25, 0.3) is 0 Å². The Hall–Kier alpha value is -2.99. The number of nitrogens with zero attached hydrogens (tertiary/aromatic N) is 6. The van der Waals surface area contributed by atoms with Crippen molar-refractivity contribution in [2.45, 2.75) is 18.4 Å². The predicted molar refractivity (Wildman–Crippen MR) is 107 cm³/mol. The minimum atomic E-state index is -3.95. The minimum Gasteiger partial charge on any atom is -0.354 e. The molecule has 1 saturated heterocycles. The summed E-state index contributed by atoms with van der Waals surface area (Å²) in [6.07, 6.45) is 2.33. The smallest absolute Gasteiger partial charge is 0.333 e. The van der Waals surface area contributed by atoms with Crippen molar-refractivity contribution in [3.63, 3.8) is 0 Å². The number of hydrogen-bond donors (Lipinski definition) is 0. The first-order chi connectivity index (χ1) is 14.8. The van der Waals surface area contributed by atoms with Crippen molar-refractivity contribution in [2.75, 3.05) is 31.1 Å². The van der Waals surface area contributed by atoms with E-state index < -0.39 is 16.6 Å². The first-order valence-electron chi connectivity index (χ1n) is 9.42. The van der Waals surface area contributed by atoms with Gasteiger partial charge in [0.1, 0.15) is 22.9 Å². The largest absolute Gasteiger partial charge is 0.354 e. The first-order valence-corrected chi connectivity index (χ1v) is 10.9. The molecule has 1 aliphatic rings. The lowest BCUT2D eigenvalue weighted by molar-refractivity contribution is 0.0541. The molecule has 3 heterocycles. The number of alkyl halides is 2. The molecule has 3 aromatic rings. The zero-order valence-corrected chi connectivity index (χ0v) is 17.3. The first kappa shape index (κ1) is 21.2. The van der Waals surface area contributed by atoms with Crippen molar-refractivity contribution >= 4 is 15.8 Å². The number of anilines is 1. The van der Waals surface area contributed by atoms with Crippen LogP contribution in [0.5, 0.6) is 0 Å². The Morgan fingerprint density at radius 2 is 1.81 bits per heavy atom. The van der Waals surface area contributed by atoms with Gasteiger partial charge in [-0.25, -0.2) is 27.5 Å². The molecule has 0 N–H and O–H groups in total. The third-order valence-corrected chi connectivity index (χ3v) is 7.14. The number of aromatic nitrogens is 4. The lowest BCUT2D eigenvalue weighted by atomic mass is 10.1. The number of halogens is 3. The normalized spacial score (nSPS) is 15.6. The number of sulfonamides is 1. The molecular formula is C19H19F3N6O2S. The summed E-state index contributed by atoms with van der Waals surface area (Å²) in [5.74, 6) is 0.218. The second kappa shape index (κ2) is 8.27. The van der Waals surface area contributed by atoms with Crippen molar-refractivity contribution in [1.82, 2.24) is 24.1 Å². The molecule has 0 spiro atoms. The van der Waals surface area contributed by atoms with Crippen molar-refractivity contribution in [3.8, 4) is 11.3 Å². The molecule has 8 nitrogen and oxygen atoms in total. The summed E-state index contributed by atoms with van der Waals surface area (Å²) in [6, 6.07) is 7.77. The predicted octanol–water partition coefficient (Wildman–Crippen LogP) is 2.69. The van der Waals surface area contributed by atoms with E-state index in [1.807, 2.05) is 4.90 Å². The van der Waals surface area contributed by atoms with Crippen LogP contribution in [0.2, 0.25) is 0 Å². The van der Waals surface area contributed by atoms with E-state index in [0.717, 1.165) is 6.20 Å². The topological polar surface area (TPSA) is 84.2 Å². The summed E-state index contributed by atoms with van der Waals surface area (Å²) in [4.78, 5) is 10.1. The molecular weight excluding hydrogens is 433 g/mol. The van der Waals surface area contributed by atoms with E-state index in [2.05, 4.69) is 15.1 Å². The third-order valence-electron chi connectivity index (χ3n) is 5.14. The number of piperazine rings is 1. The van der Waals surface area contributed by atoms with Crippen LogP contribution in [0.25, 0.3) is 11.3 Å². The second-order valence-corrected chi connectivity index (χ2v) is 8.89. The van der Waals surface area contributed by atoms with Gasteiger partial charge in [-0.3, -0.25) is 0 Å². The highest BCUT2D eigenvalue weighted by atomic mass is 32.2. The quantitative estimate of drug-likeness (QED) is 0.592. The highest BCUT2D eigenvalue weighted by molar-refractivity contribution is 7.89. The van der Waals surface area contributed by atoms with Crippen molar-refractivity contribution < 1.29 is 21.6 Å². The molecule has 0 atom stereocenters. The Labute approximate surface area is 177 Å². The molecule has 1 aliphatic heterocycles. The molecule has 0 bridgehead atoms. The van der Waals surface area contributed by atoms with E-state index in [0.29, 0.717) is 34.8 Å². The SMILES string of the molecule is Cc1c(S(=O)(=O)N2CCN(c3cc(-c4cccc(F)c4)ncn3)CC2)cnn1C(F)F. The van der Waals surface area contributed by atoms with Gasteiger partial charge in [0.05, 0.1) is 17.6 Å². The summed E-state index contributed by atoms with van der Waals surface area (Å²) >= 11 is 0. The average Bonchev–Trinajstić information content (AvgIpc) is 3.16. The fraction of sp³-hybridized carbons (Fsp3) is 0.316. The number of benzene rings is 1. The molecule has 0 aliphatic carbocycles. The molecule has 0 radical (unpaired) electrons. The molecule has 0 amide bonds. The Balaban J connectivity index is 1.50. The van der Waals surface area contributed by atoms with Gasteiger partial charge in [-0.15, -0.1) is 0 Å². The van der Waals surface area contributed by atoms with Crippen LogP contribution in [0.1, 0.15) is 12.2 Å². The monoisotopic (exact) mass is 452 g/mol. The van der Waals surface area contributed by atoms with Gasteiger partial charge in [-0.2, -0.15) is 18.2 Å². The molecule has 4 rings (SSSR count). The summed E-state index contributed by atoms with van der Waals surface area (Å²) < 4.78 is 66.8. The summed E-state index contributed by atoms with van der Waals surface area (Å²) in [5.41, 5.74) is 1.05. The van der Waals surface area contributed by atoms with Crippen molar-refractivity contribution in [1.29, 1.82) is 0 Å². The van der Waals surface area contributed by atoms with Crippen LogP contribution in [-0.4, -0.2) is 58.7 Å². The van der Waals surface area contributed by atoms with Gasteiger partial charge >= 0.3 is 6.55 Å². The zero-order valence-electron chi connectivity index (χ0n) is 16.5. The Morgan fingerprint density at radius 3 is 2.45 bits per heavy atom. The average molecular weight is 452 g/mol. The van der Waals surface area contributed by atoms with Gasteiger partial charge in [0.2, 0.25) is 10.0 Å². The number of rotatable bonds is 5. The standard InChI is InChI=1S/C19H19F3N6O2S/c1-13-17(11-25-28(13)19(21)22)31(29,30)27-7-5-26(6-8-27)18-10-16(23-12-24-18)14-3-2-4-15(20)9-14/h2-4,9-12,19H,5-8H2,1H3. The van der Waals surface area contributed by atoms with Crippen LogP contribution in [0.15, 0.2) is 47.8 Å². The number of hydrogen-bond acceptors (Lipinski definition) is 6. The van der Waals surface area contributed by atoms with Crippen LogP contribution in [-0.2, 0) is 10.0 Å². The summed E-state index contributed by atoms with van der Waals surface area (Å²) in [7, 11) is -3.95. The maximum atomic E-state index is 13.5. The van der Waals surface area contributed by atoms with Gasteiger partial charge in [0, 0.05) is 37.8 Å². The van der Waals surface area contributed by atoms with E-state index >= 15 is 0 Å². The fourth-order valence-corrected chi connectivity index (χ4v) is 5.05. The van der Waals surface area contributed by atoms with Crippen LogP contribution in [0.4, 0.5) is 19.0 Å². The van der Waals surface area contributed by atoms with Crippen molar-refractivity contribution in [3.05, 3.63) is 54.4 Å². The highest BCUT2D eigenvalue weighted by Gasteiger charge is 2.32. The van der Waals surface area contributed by atoms with Crippen LogP contribution in [0.3, 0.4) is 0 Å². The van der Waals surface area contributed by atoms with Gasteiger partial charge in [0.15, 0.2) is 0 Å². The van der Waals surface area contributed by atoms with E-state index in [4.69, 9.17) is 0 Å². The summed E-state index contributed by atoms with van der Waals surface area (Å²) in [6.45, 7) is -0.605. The molecule has 164 valence electrons. The lowest BCUT2D eigenvalue weighted by Gasteiger charge is -2.34. The van der Waals surface area contributed by atoms with Gasteiger partial charge in [-0.1, -0.05) is 12.1 Å². The van der Waals surface area contributed by atoms with E-state index in [1.165, 1.54) is 29.7 Å². The minimum absolute atomic E-state index is 0.104. The molecule has 1 fully saturated rings. The Morgan fingerprint density at radius 1 is 1.06 bits per heavy atom. The zero-order chi connectivity index (χ0) is 22.2. The van der Waals surface area contributed by atoms with Gasteiger partial charge < -0.3 is 4.90 Å². The van der Waals surface area contributed by atoms with E-state index in [-0.39, 0.29) is 29.5 Å². The fourth-order valence-electron chi connectivity index (χ4n) is 3.48. The Kier molecular flexibility index (Phi) is 5.67. The van der Waals surface area contributed by atoms with Crippen molar-refractivity contribution in [2.24, 2.45) is 0 Å². The summed E-state index contributed by atoms with van der Waals surface area (Å²) in [5, 5.41) is 3.49. The highest BCUT2D eigenvalue weighted by Crippen LogP contribution is 2.26. The van der Waals surface area contributed by atoms with Gasteiger partial charge in [-0.05, 0) is 19.1 Å².